The molecule has 0 radical (unpaired) electrons. The number of carbonyl (C=O) groups is 1. The van der Waals surface area contributed by atoms with E-state index in [1.54, 1.807) is 13.0 Å². The molecule has 0 saturated carbocycles. The van der Waals surface area contributed by atoms with Crippen molar-refractivity contribution in [3.05, 3.63) is 35.1 Å². The van der Waals surface area contributed by atoms with Gasteiger partial charge in [0.2, 0.25) is 0 Å². The average Bonchev–Trinajstić information content (AvgIpc) is 2.45. The van der Waals surface area contributed by atoms with E-state index in [1.807, 2.05) is 0 Å². The lowest BCUT2D eigenvalue weighted by atomic mass is 9.88. The van der Waals surface area contributed by atoms with Gasteiger partial charge in [-0.1, -0.05) is 13.3 Å². The molecule has 1 aromatic carbocycles. The highest BCUT2D eigenvalue weighted by Gasteiger charge is 2.23. The van der Waals surface area contributed by atoms with Crippen LogP contribution in [0.15, 0.2) is 18.2 Å². The first-order valence-corrected chi connectivity index (χ1v) is 7.39. The van der Waals surface area contributed by atoms with Crippen LogP contribution in [0, 0.1) is 18.7 Å². The molecule has 1 fully saturated rings. The van der Waals surface area contributed by atoms with Crippen molar-refractivity contribution in [2.24, 2.45) is 5.92 Å². The maximum atomic E-state index is 13.0. The third-order valence-electron chi connectivity index (χ3n) is 4.17. The lowest BCUT2D eigenvalue weighted by molar-refractivity contribution is 0.0941. The van der Waals surface area contributed by atoms with Crippen LogP contribution in [0.1, 0.15) is 42.1 Å². The SMILES string of the molecule is CCC1CCCNC1CNC(=O)c1ccc(F)cc1C. The predicted molar refractivity (Wildman–Crippen MR) is 78.3 cm³/mol. The molecule has 20 heavy (non-hydrogen) atoms. The van der Waals surface area contributed by atoms with Gasteiger partial charge in [0, 0.05) is 18.2 Å². The van der Waals surface area contributed by atoms with Gasteiger partial charge in [0.1, 0.15) is 5.82 Å². The molecule has 1 aromatic rings. The van der Waals surface area contributed by atoms with Crippen LogP contribution in [-0.2, 0) is 0 Å². The molecule has 0 aliphatic carbocycles. The van der Waals surface area contributed by atoms with Gasteiger partial charge in [0.25, 0.3) is 5.91 Å². The number of nitrogens with one attached hydrogen (secondary N) is 2. The number of amides is 1. The Morgan fingerprint density at radius 1 is 1.50 bits per heavy atom. The van der Waals surface area contributed by atoms with Crippen molar-refractivity contribution >= 4 is 5.91 Å². The predicted octanol–water partition coefficient (Wildman–Crippen LogP) is 2.64. The Kier molecular flexibility index (Phi) is 5.12. The molecule has 1 heterocycles. The van der Waals surface area contributed by atoms with Crippen molar-refractivity contribution < 1.29 is 9.18 Å². The second-order valence-electron chi connectivity index (χ2n) is 5.54. The van der Waals surface area contributed by atoms with E-state index >= 15 is 0 Å². The number of carbonyl (C=O) groups excluding carboxylic acids is 1. The van der Waals surface area contributed by atoms with Crippen LogP contribution < -0.4 is 10.6 Å². The van der Waals surface area contributed by atoms with E-state index in [2.05, 4.69) is 17.6 Å². The van der Waals surface area contributed by atoms with Crippen LogP contribution in [0.3, 0.4) is 0 Å². The highest BCUT2D eigenvalue weighted by molar-refractivity contribution is 5.95. The minimum absolute atomic E-state index is 0.121. The minimum Gasteiger partial charge on any atom is -0.350 e. The number of aryl methyl sites for hydroxylation is 1. The molecular weight excluding hydrogens is 255 g/mol. The van der Waals surface area contributed by atoms with Crippen LogP contribution in [0.4, 0.5) is 4.39 Å². The highest BCUT2D eigenvalue weighted by Crippen LogP contribution is 2.19. The van der Waals surface area contributed by atoms with Gasteiger partial charge in [0.15, 0.2) is 0 Å². The molecule has 3 nitrogen and oxygen atoms in total. The van der Waals surface area contributed by atoms with Gasteiger partial charge >= 0.3 is 0 Å². The zero-order chi connectivity index (χ0) is 14.5. The molecule has 4 heteroatoms. The average molecular weight is 278 g/mol. The largest absolute Gasteiger partial charge is 0.350 e. The van der Waals surface area contributed by atoms with Crippen LogP contribution in [0.2, 0.25) is 0 Å². The van der Waals surface area contributed by atoms with E-state index in [0.29, 0.717) is 29.6 Å². The van der Waals surface area contributed by atoms with Gasteiger partial charge in [-0.25, -0.2) is 4.39 Å². The van der Waals surface area contributed by atoms with Gasteiger partial charge in [0.05, 0.1) is 0 Å². The summed E-state index contributed by atoms with van der Waals surface area (Å²) in [6.07, 6.45) is 3.56. The number of hydrogen-bond acceptors (Lipinski definition) is 2. The Morgan fingerprint density at radius 3 is 3.00 bits per heavy atom. The monoisotopic (exact) mass is 278 g/mol. The van der Waals surface area contributed by atoms with E-state index in [-0.39, 0.29) is 11.7 Å². The number of rotatable bonds is 4. The van der Waals surface area contributed by atoms with Crippen LogP contribution in [0.5, 0.6) is 0 Å². The maximum Gasteiger partial charge on any atom is 0.251 e. The van der Waals surface area contributed by atoms with Crippen molar-refractivity contribution in [2.45, 2.75) is 39.2 Å². The van der Waals surface area contributed by atoms with Crippen molar-refractivity contribution in [2.75, 3.05) is 13.1 Å². The molecule has 110 valence electrons. The molecule has 1 amide bonds. The zero-order valence-electron chi connectivity index (χ0n) is 12.2. The summed E-state index contributed by atoms with van der Waals surface area (Å²) in [7, 11) is 0. The first-order valence-electron chi connectivity index (χ1n) is 7.39. The number of hydrogen-bond donors (Lipinski definition) is 2. The lowest BCUT2D eigenvalue weighted by Gasteiger charge is -2.32. The smallest absolute Gasteiger partial charge is 0.251 e. The maximum absolute atomic E-state index is 13.0. The first-order chi connectivity index (χ1) is 9.61. The number of benzene rings is 1. The molecule has 2 rings (SSSR count). The van der Waals surface area contributed by atoms with Gasteiger partial charge in [-0.05, 0) is 56.0 Å². The van der Waals surface area contributed by atoms with Crippen molar-refractivity contribution in [3.63, 3.8) is 0 Å². The lowest BCUT2D eigenvalue weighted by Crippen LogP contribution is -2.48. The minimum atomic E-state index is -0.306. The summed E-state index contributed by atoms with van der Waals surface area (Å²) in [5.74, 6) is 0.196. The Labute approximate surface area is 120 Å². The number of piperidine rings is 1. The highest BCUT2D eigenvalue weighted by atomic mass is 19.1. The normalized spacial score (nSPS) is 22.6. The fraction of sp³-hybridized carbons (Fsp3) is 0.562. The van der Waals surface area contributed by atoms with E-state index < -0.39 is 0 Å². The van der Waals surface area contributed by atoms with Crippen molar-refractivity contribution in [3.8, 4) is 0 Å². The van der Waals surface area contributed by atoms with Crippen LogP contribution >= 0.6 is 0 Å². The summed E-state index contributed by atoms with van der Waals surface area (Å²) in [6, 6.07) is 4.61. The fourth-order valence-corrected chi connectivity index (χ4v) is 2.93. The van der Waals surface area contributed by atoms with Crippen LogP contribution in [-0.4, -0.2) is 25.0 Å². The molecule has 2 atom stereocenters. The summed E-state index contributed by atoms with van der Waals surface area (Å²) in [4.78, 5) is 12.2. The number of halogens is 1. The molecule has 0 bridgehead atoms. The van der Waals surface area contributed by atoms with E-state index in [4.69, 9.17) is 0 Å². The second-order valence-corrected chi connectivity index (χ2v) is 5.54. The summed E-state index contributed by atoms with van der Waals surface area (Å²) in [5.41, 5.74) is 1.22. The third kappa shape index (κ3) is 3.57. The van der Waals surface area contributed by atoms with Crippen molar-refractivity contribution in [1.29, 1.82) is 0 Å². The Balaban J connectivity index is 1.94. The van der Waals surface area contributed by atoms with Gasteiger partial charge in [-0.2, -0.15) is 0 Å². The molecule has 2 N–H and O–H groups in total. The zero-order valence-corrected chi connectivity index (χ0v) is 12.2. The molecule has 1 aliphatic rings. The summed E-state index contributed by atoms with van der Waals surface area (Å²) < 4.78 is 13.0. The molecule has 1 saturated heterocycles. The topological polar surface area (TPSA) is 41.1 Å². The fourth-order valence-electron chi connectivity index (χ4n) is 2.93. The Morgan fingerprint density at radius 2 is 2.30 bits per heavy atom. The summed E-state index contributed by atoms with van der Waals surface area (Å²) in [5, 5.41) is 6.45. The molecule has 1 aliphatic heterocycles. The van der Waals surface area contributed by atoms with Gasteiger partial charge in [-0.15, -0.1) is 0 Å². The molecular formula is C16H23FN2O. The summed E-state index contributed by atoms with van der Waals surface area (Å²) >= 11 is 0. The Hall–Kier alpha value is -1.42. The van der Waals surface area contributed by atoms with E-state index in [0.717, 1.165) is 13.0 Å². The van der Waals surface area contributed by atoms with Gasteiger partial charge in [-0.3, -0.25) is 4.79 Å². The third-order valence-corrected chi connectivity index (χ3v) is 4.17. The Bertz CT molecular complexity index is 476. The van der Waals surface area contributed by atoms with Crippen LogP contribution in [0.25, 0.3) is 0 Å². The standard InChI is InChI=1S/C16H23FN2O/c1-3-12-5-4-8-18-15(12)10-19-16(20)14-7-6-13(17)9-11(14)2/h6-7,9,12,15,18H,3-5,8,10H2,1-2H3,(H,19,20). The summed E-state index contributed by atoms with van der Waals surface area (Å²) in [6.45, 7) is 5.60. The quantitative estimate of drug-likeness (QED) is 0.889. The first kappa shape index (κ1) is 15.0. The molecule has 0 spiro atoms. The van der Waals surface area contributed by atoms with E-state index in [9.17, 15) is 9.18 Å². The van der Waals surface area contributed by atoms with Gasteiger partial charge < -0.3 is 10.6 Å². The van der Waals surface area contributed by atoms with E-state index in [1.165, 1.54) is 25.0 Å². The van der Waals surface area contributed by atoms with Crippen molar-refractivity contribution in [1.82, 2.24) is 10.6 Å². The second kappa shape index (κ2) is 6.84. The molecule has 2 unspecified atom stereocenters. The molecule has 0 aromatic heterocycles.